The predicted molar refractivity (Wildman–Crippen MR) is 75.3 cm³/mol. The summed E-state index contributed by atoms with van der Waals surface area (Å²) in [6, 6.07) is 6.21. The van der Waals surface area contributed by atoms with Gasteiger partial charge in [-0.1, -0.05) is 0 Å². The van der Waals surface area contributed by atoms with E-state index in [-0.39, 0.29) is 6.04 Å². The molecule has 4 nitrogen and oxygen atoms in total. The van der Waals surface area contributed by atoms with Gasteiger partial charge in [-0.25, -0.2) is 0 Å². The zero-order valence-electron chi connectivity index (χ0n) is 11.7. The number of rotatable bonds is 5. The fourth-order valence-corrected chi connectivity index (χ4v) is 3.00. The second-order valence-corrected chi connectivity index (χ2v) is 5.58. The van der Waals surface area contributed by atoms with E-state index in [0.29, 0.717) is 18.2 Å². The minimum atomic E-state index is -0.556. The Morgan fingerprint density at radius 3 is 3.05 bits per heavy atom. The van der Waals surface area contributed by atoms with Crippen molar-refractivity contribution in [2.24, 2.45) is 0 Å². The molecule has 108 valence electrons. The predicted octanol–water partition coefficient (Wildman–Crippen LogP) is 3.35. The Morgan fingerprint density at radius 2 is 2.25 bits per heavy atom. The Labute approximate surface area is 118 Å². The summed E-state index contributed by atoms with van der Waals surface area (Å²) in [4.78, 5) is 0. The lowest BCUT2D eigenvalue weighted by atomic mass is 9.92. The molecule has 1 aliphatic carbocycles. The summed E-state index contributed by atoms with van der Waals surface area (Å²) >= 11 is 0. The Morgan fingerprint density at radius 1 is 1.35 bits per heavy atom. The maximum absolute atomic E-state index is 10.1. The van der Waals surface area contributed by atoms with Gasteiger partial charge in [-0.05, 0) is 44.4 Å². The SMILES string of the molecule is CC(CC(O)c1ccco1)NC1CCCc2occc21. The molecule has 2 N–H and O–H groups in total. The first-order valence-corrected chi connectivity index (χ1v) is 7.28. The molecule has 3 rings (SSSR count). The van der Waals surface area contributed by atoms with Gasteiger partial charge in [0, 0.05) is 24.1 Å². The highest BCUT2D eigenvalue weighted by atomic mass is 16.4. The fraction of sp³-hybridized carbons (Fsp3) is 0.500. The summed E-state index contributed by atoms with van der Waals surface area (Å²) in [5.74, 6) is 1.74. The highest BCUT2D eigenvalue weighted by Crippen LogP contribution is 2.31. The van der Waals surface area contributed by atoms with Crippen molar-refractivity contribution in [1.29, 1.82) is 0 Å². The first-order valence-electron chi connectivity index (χ1n) is 7.28. The number of hydrogen-bond donors (Lipinski definition) is 2. The van der Waals surface area contributed by atoms with E-state index in [1.54, 1.807) is 18.6 Å². The van der Waals surface area contributed by atoms with Crippen LogP contribution in [0.15, 0.2) is 39.6 Å². The third-order valence-corrected chi connectivity index (χ3v) is 3.99. The fourth-order valence-electron chi connectivity index (χ4n) is 3.00. The largest absolute Gasteiger partial charge is 0.469 e. The van der Waals surface area contributed by atoms with Crippen molar-refractivity contribution >= 4 is 0 Å². The van der Waals surface area contributed by atoms with E-state index in [1.165, 1.54) is 5.56 Å². The molecule has 0 aliphatic heterocycles. The summed E-state index contributed by atoms with van der Waals surface area (Å²) in [6.45, 7) is 2.10. The molecule has 0 bridgehead atoms. The van der Waals surface area contributed by atoms with E-state index >= 15 is 0 Å². The lowest BCUT2D eigenvalue weighted by Gasteiger charge is -2.27. The molecule has 2 heterocycles. The normalized spacial score (nSPS) is 21.4. The molecular weight excluding hydrogens is 254 g/mol. The van der Waals surface area contributed by atoms with Crippen LogP contribution in [0.2, 0.25) is 0 Å². The Balaban J connectivity index is 1.59. The Kier molecular flexibility index (Phi) is 3.94. The van der Waals surface area contributed by atoms with Gasteiger partial charge < -0.3 is 19.3 Å². The molecule has 0 radical (unpaired) electrons. The maximum Gasteiger partial charge on any atom is 0.132 e. The van der Waals surface area contributed by atoms with E-state index in [4.69, 9.17) is 8.83 Å². The molecule has 2 aromatic heterocycles. The van der Waals surface area contributed by atoms with Crippen LogP contribution < -0.4 is 5.32 Å². The van der Waals surface area contributed by atoms with Crippen molar-refractivity contribution in [3.8, 4) is 0 Å². The molecular formula is C16H21NO3. The number of aliphatic hydroxyl groups is 1. The third kappa shape index (κ3) is 2.81. The quantitative estimate of drug-likeness (QED) is 0.878. The van der Waals surface area contributed by atoms with Crippen LogP contribution in [0.25, 0.3) is 0 Å². The zero-order chi connectivity index (χ0) is 13.9. The summed E-state index contributed by atoms with van der Waals surface area (Å²) < 4.78 is 10.7. The van der Waals surface area contributed by atoms with Crippen LogP contribution >= 0.6 is 0 Å². The first kappa shape index (κ1) is 13.5. The third-order valence-electron chi connectivity index (χ3n) is 3.99. The summed E-state index contributed by atoms with van der Waals surface area (Å²) in [5.41, 5.74) is 1.27. The van der Waals surface area contributed by atoms with Gasteiger partial charge in [0.15, 0.2) is 0 Å². The van der Waals surface area contributed by atoms with Crippen LogP contribution in [0.1, 0.15) is 55.4 Å². The smallest absolute Gasteiger partial charge is 0.132 e. The van der Waals surface area contributed by atoms with Crippen LogP contribution in [-0.4, -0.2) is 11.1 Å². The number of furan rings is 2. The molecule has 0 spiro atoms. The van der Waals surface area contributed by atoms with Gasteiger partial charge in [0.2, 0.25) is 0 Å². The van der Waals surface area contributed by atoms with E-state index < -0.39 is 6.10 Å². The Bertz CT molecular complexity index is 532. The van der Waals surface area contributed by atoms with Crippen molar-refractivity contribution < 1.29 is 13.9 Å². The molecule has 3 atom stereocenters. The zero-order valence-corrected chi connectivity index (χ0v) is 11.7. The second-order valence-electron chi connectivity index (χ2n) is 5.58. The van der Waals surface area contributed by atoms with Crippen LogP contribution in [0.3, 0.4) is 0 Å². The topological polar surface area (TPSA) is 58.5 Å². The van der Waals surface area contributed by atoms with Crippen molar-refractivity contribution in [3.63, 3.8) is 0 Å². The van der Waals surface area contributed by atoms with Crippen LogP contribution in [-0.2, 0) is 6.42 Å². The molecule has 2 aromatic rings. The minimum absolute atomic E-state index is 0.209. The van der Waals surface area contributed by atoms with Gasteiger partial charge in [-0.2, -0.15) is 0 Å². The minimum Gasteiger partial charge on any atom is -0.469 e. The lowest BCUT2D eigenvalue weighted by molar-refractivity contribution is 0.126. The summed E-state index contributed by atoms with van der Waals surface area (Å²) in [6.07, 6.45) is 6.74. The van der Waals surface area contributed by atoms with Crippen LogP contribution in [0.4, 0.5) is 0 Å². The summed E-state index contributed by atoms with van der Waals surface area (Å²) in [5, 5.41) is 13.7. The highest BCUT2D eigenvalue weighted by Gasteiger charge is 2.24. The molecule has 3 unspecified atom stereocenters. The monoisotopic (exact) mass is 275 g/mol. The maximum atomic E-state index is 10.1. The standard InChI is InChI=1S/C16H21NO3/c1-11(10-14(18)16-6-3-8-19-16)17-13-4-2-5-15-12(13)7-9-20-15/h3,6-9,11,13-14,17-18H,2,4-5,10H2,1H3. The van der Waals surface area contributed by atoms with Gasteiger partial charge in [0.25, 0.3) is 0 Å². The van der Waals surface area contributed by atoms with Crippen LogP contribution in [0.5, 0.6) is 0 Å². The second kappa shape index (κ2) is 5.85. The van der Waals surface area contributed by atoms with Crippen molar-refractivity contribution in [2.75, 3.05) is 0 Å². The molecule has 1 aliphatic rings. The number of aryl methyl sites for hydroxylation is 1. The van der Waals surface area contributed by atoms with E-state index in [9.17, 15) is 5.11 Å². The van der Waals surface area contributed by atoms with Crippen molar-refractivity contribution in [1.82, 2.24) is 5.32 Å². The van der Waals surface area contributed by atoms with Crippen molar-refractivity contribution in [2.45, 2.75) is 50.8 Å². The summed E-state index contributed by atoms with van der Waals surface area (Å²) in [7, 11) is 0. The number of hydrogen-bond acceptors (Lipinski definition) is 4. The molecule has 0 aromatic carbocycles. The van der Waals surface area contributed by atoms with Gasteiger partial charge in [-0.15, -0.1) is 0 Å². The molecule has 0 fully saturated rings. The first-order chi connectivity index (χ1) is 9.74. The van der Waals surface area contributed by atoms with Gasteiger partial charge in [-0.3, -0.25) is 0 Å². The van der Waals surface area contributed by atoms with E-state index in [1.807, 2.05) is 6.07 Å². The van der Waals surface area contributed by atoms with E-state index in [2.05, 4.69) is 18.3 Å². The van der Waals surface area contributed by atoms with Gasteiger partial charge in [0.1, 0.15) is 17.6 Å². The average Bonchev–Trinajstić information content (AvgIpc) is 3.10. The molecule has 0 amide bonds. The molecule has 20 heavy (non-hydrogen) atoms. The molecule has 0 saturated carbocycles. The van der Waals surface area contributed by atoms with E-state index in [0.717, 1.165) is 25.0 Å². The van der Waals surface area contributed by atoms with Crippen LogP contribution in [0, 0.1) is 0 Å². The molecule has 0 saturated heterocycles. The average molecular weight is 275 g/mol. The highest BCUT2D eigenvalue weighted by molar-refractivity contribution is 5.24. The van der Waals surface area contributed by atoms with Gasteiger partial charge in [0.05, 0.1) is 12.5 Å². The molecule has 4 heteroatoms. The van der Waals surface area contributed by atoms with Crippen molar-refractivity contribution in [3.05, 3.63) is 47.8 Å². The Hall–Kier alpha value is -1.52. The number of aliphatic hydroxyl groups excluding tert-OH is 1. The number of fused-ring (bicyclic) bond motifs is 1. The lowest BCUT2D eigenvalue weighted by Crippen LogP contribution is -2.33. The number of nitrogens with one attached hydrogen (secondary N) is 1. The van der Waals surface area contributed by atoms with Gasteiger partial charge >= 0.3 is 0 Å².